The molecule has 0 aromatic rings. The Balaban J connectivity index is 3.85. The van der Waals surface area contributed by atoms with E-state index >= 15 is 0 Å². The summed E-state index contributed by atoms with van der Waals surface area (Å²) in [5.41, 5.74) is 0. The molecule has 0 aromatic heterocycles. The fraction of sp³-hybridized carbons (Fsp3) is 0.800. The number of hydrogen-bond donors (Lipinski definition) is 2. The van der Waals surface area contributed by atoms with Crippen molar-refractivity contribution in [2.24, 2.45) is 0 Å². The third-order valence-electron chi connectivity index (χ3n) is 2.00. The monoisotopic (exact) mass is 217 g/mol. The second-order valence-corrected chi connectivity index (χ2v) is 3.35. The molecule has 0 aliphatic rings. The molecular weight excluding hydrogens is 198 g/mol. The molecule has 0 aliphatic carbocycles. The summed E-state index contributed by atoms with van der Waals surface area (Å²) in [5.74, 6) is -0.959. The zero-order chi connectivity index (χ0) is 11.7. The maximum Gasteiger partial charge on any atom is 0.303 e. The molecule has 0 radical (unpaired) electrons. The normalized spacial score (nSPS) is 10.0. The van der Waals surface area contributed by atoms with Crippen molar-refractivity contribution in [2.75, 3.05) is 19.7 Å². The number of nitrogens with zero attached hydrogens (tertiary/aromatic N) is 1. The molecular formula is C10H19NO4. The molecule has 5 nitrogen and oxygen atoms in total. The Kier molecular flexibility index (Phi) is 7.62. The first-order chi connectivity index (χ1) is 7.11. The van der Waals surface area contributed by atoms with E-state index in [1.54, 1.807) is 4.90 Å². The van der Waals surface area contributed by atoms with Crippen molar-refractivity contribution in [3.05, 3.63) is 0 Å². The Hall–Kier alpha value is -1.10. The summed E-state index contributed by atoms with van der Waals surface area (Å²) in [6.45, 7) is 2.85. The van der Waals surface area contributed by atoms with Crippen LogP contribution in [0.25, 0.3) is 0 Å². The average molecular weight is 217 g/mol. The van der Waals surface area contributed by atoms with Gasteiger partial charge in [0.1, 0.15) is 0 Å². The Morgan fingerprint density at radius 3 is 2.33 bits per heavy atom. The number of carboxylic acids is 1. The van der Waals surface area contributed by atoms with Gasteiger partial charge in [-0.1, -0.05) is 6.92 Å². The molecule has 0 fully saturated rings. The van der Waals surface area contributed by atoms with Crippen molar-refractivity contribution < 1.29 is 19.8 Å². The summed E-state index contributed by atoms with van der Waals surface area (Å²) in [5, 5.41) is 17.1. The molecule has 0 unspecified atom stereocenters. The van der Waals surface area contributed by atoms with Crippen LogP contribution in [0, 0.1) is 0 Å². The smallest absolute Gasteiger partial charge is 0.303 e. The van der Waals surface area contributed by atoms with E-state index in [1.165, 1.54) is 0 Å². The number of carbonyl (C=O) groups excluding carboxylic acids is 1. The third kappa shape index (κ3) is 6.90. The summed E-state index contributed by atoms with van der Waals surface area (Å²) in [6.07, 6.45) is 1.46. The van der Waals surface area contributed by atoms with Gasteiger partial charge in [-0.2, -0.15) is 0 Å². The van der Waals surface area contributed by atoms with Gasteiger partial charge in [0.2, 0.25) is 5.91 Å². The molecule has 0 heterocycles. The van der Waals surface area contributed by atoms with Crippen LogP contribution in [0.2, 0.25) is 0 Å². The zero-order valence-electron chi connectivity index (χ0n) is 9.11. The molecule has 0 bridgehead atoms. The van der Waals surface area contributed by atoms with Gasteiger partial charge < -0.3 is 15.1 Å². The first-order valence-corrected chi connectivity index (χ1v) is 5.22. The summed E-state index contributed by atoms with van der Waals surface area (Å²) < 4.78 is 0. The Morgan fingerprint density at radius 1 is 1.20 bits per heavy atom. The summed E-state index contributed by atoms with van der Waals surface area (Å²) in [6, 6.07) is 0. The van der Waals surface area contributed by atoms with E-state index in [0.29, 0.717) is 19.5 Å². The van der Waals surface area contributed by atoms with E-state index < -0.39 is 5.97 Å². The fourth-order valence-electron chi connectivity index (χ4n) is 1.30. The van der Waals surface area contributed by atoms with Crippen LogP contribution in [-0.4, -0.2) is 46.7 Å². The van der Waals surface area contributed by atoms with Crippen molar-refractivity contribution in [1.82, 2.24) is 4.90 Å². The predicted octanol–water partition coefficient (Wildman–Crippen LogP) is 0.472. The molecule has 15 heavy (non-hydrogen) atoms. The average Bonchev–Trinajstić information content (AvgIpc) is 2.16. The number of rotatable bonds is 8. The minimum Gasteiger partial charge on any atom is -0.481 e. The van der Waals surface area contributed by atoms with Gasteiger partial charge >= 0.3 is 5.97 Å². The van der Waals surface area contributed by atoms with Crippen LogP contribution in [0.1, 0.15) is 32.6 Å². The molecule has 0 saturated heterocycles. The van der Waals surface area contributed by atoms with Crippen LogP contribution in [0.15, 0.2) is 0 Å². The molecule has 1 amide bonds. The van der Waals surface area contributed by atoms with Crippen LogP contribution >= 0.6 is 0 Å². The lowest BCUT2D eigenvalue weighted by atomic mass is 10.2. The number of aliphatic hydroxyl groups excluding tert-OH is 1. The molecule has 0 spiro atoms. The van der Waals surface area contributed by atoms with Crippen LogP contribution < -0.4 is 0 Å². The summed E-state index contributed by atoms with van der Waals surface area (Å²) in [4.78, 5) is 23.3. The largest absolute Gasteiger partial charge is 0.481 e. The molecule has 0 aromatic carbocycles. The fourth-order valence-corrected chi connectivity index (χ4v) is 1.30. The maximum absolute atomic E-state index is 11.5. The molecule has 5 heteroatoms. The van der Waals surface area contributed by atoms with Gasteiger partial charge in [0.15, 0.2) is 0 Å². The number of carboxylic acid groups (broad SMARTS) is 1. The van der Waals surface area contributed by atoms with Crippen molar-refractivity contribution >= 4 is 11.9 Å². The first-order valence-electron chi connectivity index (χ1n) is 5.22. The molecule has 2 N–H and O–H groups in total. The first kappa shape index (κ1) is 13.9. The number of aliphatic hydroxyl groups is 1. The van der Waals surface area contributed by atoms with Gasteiger partial charge in [-0.05, 0) is 12.8 Å². The van der Waals surface area contributed by atoms with E-state index in [2.05, 4.69) is 0 Å². The van der Waals surface area contributed by atoms with Crippen molar-refractivity contribution in [2.45, 2.75) is 32.6 Å². The quantitative estimate of drug-likeness (QED) is 0.619. The molecule has 88 valence electrons. The number of hydrogen-bond acceptors (Lipinski definition) is 3. The van der Waals surface area contributed by atoms with Gasteiger partial charge in [0, 0.05) is 25.9 Å². The highest BCUT2D eigenvalue weighted by atomic mass is 16.4. The van der Waals surface area contributed by atoms with E-state index in [1.807, 2.05) is 6.92 Å². The predicted molar refractivity (Wildman–Crippen MR) is 55.4 cm³/mol. The Bertz CT molecular complexity index is 200. The van der Waals surface area contributed by atoms with Gasteiger partial charge in [-0.25, -0.2) is 0 Å². The van der Waals surface area contributed by atoms with Crippen LogP contribution in [0.4, 0.5) is 0 Å². The molecule has 0 saturated carbocycles. The van der Waals surface area contributed by atoms with Crippen LogP contribution in [0.5, 0.6) is 0 Å². The highest BCUT2D eigenvalue weighted by Crippen LogP contribution is 2.02. The zero-order valence-corrected chi connectivity index (χ0v) is 9.11. The van der Waals surface area contributed by atoms with Gasteiger partial charge in [0.05, 0.1) is 6.61 Å². The van der Waals surface area contributed by atoms with Gasteiger partial charge in [0.25, 0.3) is 0 Å². The Labute approximate surface area is 89.7 Å². The Morgan fingerprint density at radius 2 is 1.87 bits per heavy atom. The summed E-state index contributed by atoms with van der Waals surface area (Å²) in [7, 11) is 0. The van der Waals surface area contributed by atoms with Crippen LogP contribution in [-0.2, 0) is 9.59 Å². The number of aliphatic carboxylic acids is 1. The summed E-state index contributed by atoms with van der Waals surface area (Å²) >= 11 is 0. The van der Waals surface area contributed by atoms with Crippen molar-refractivity contribution in [3.63, 3.8) is 0 Å². The van der Waals surface area contributed by atoms with E-state index in [-0.39, 0.29) is 25.4 Å². The lowest BCUT2D eigenvalue weighted by molar-refractivity contribution is -0.137. The minimum atomic E-state index is -0.882. The van der Waals surface area contributed by atoms with E-state index in [0.717, 1.165) is 6.42 Å². The van der Waals surface area contributed by atoms with E-state index in [4.69, 9.17) is 10.2 Å². The number of carbonyl (C=O) groups is 2. The lowest BCUT2D eigenvalue weighted by Crippen LogP contribution is -2.34. The third-order valence-corrected chi connectivity index (χ3v) is 2.00. The molecule has 0 atom stereocenters. The molecule has 0 aliphatic heterocycles. The highest BCUT2D eigenvalue weighted by molar-refractivity contribution is 5.77. The van der Waals surface area contributed by atoms with Crippen molar-refractivity contribution in [1.29, 1.82) is 0 Å². The second kappa shape index (κ2) is 8.23. The molecule has 0 rings (SSSR count). The maximum atomic E-state index is 11.5. The second-order valence-electron chi connectivity index (χ2n) is 3.35. The van der Waals surface area contributed by atoms with Gasteiger partial charge in [-0.3, -0.25) is 9.59 Å². The van der Waals surface area contributed by atoms with Crippen LogP contribution in [0.3, 0.4) is 0 Å². The SMILES string of the molecule is CCCN(CCO)C(=O)CCCC(=O)O. The lowest BCUT2D eigenvalue weighted by Gasteiger charge is -2.20. The number of amides is 1. The highest BCUT2D eigenvalue weighted by Gasteiger charge is 2.11. The van der Waals surface area contributed by atoms with E-state index in [9.17, 15) is 9.59 Å². The van der Waals surface area contributed by atoms with Crippen molar-refractivity contribution in [3.8, 4) is 0 Å². The van der Waals surface area contributed by atoms with Gasteiger partial charge in [-0.15, -0.1) is 0 Å². The minimum absolute atomic E-state index is 0.0187. The topological polar surface area (TPSA) is 77.8 Å². The standard InChI is InChI=1S/C10H19NO4/c1-2-6-11(7-8-12)9(13)4-3-5-10(14)15/h12H,2-8H2,1H3,(H,14,15).